The van der Waals surface area contributed by atoms with Crippen LogP contribution >= 0.6 is 0 Å². The summed E-state index contributed by atoms with van der Waals surface area (Å²) in [5.41, 5.74) is -0.696. The van der Waals surface area contributed by atoms with Gasteiger partial charge < -0.3 is 9.84 Å². The van der Waals surface area contributed by atoms with E-state index in [1.54, 1.807) is 11.8 Å². The lowest BCUT2D eigenvalue weighted by Gasteiger charge is -2.28. The standard InChI is InChI=1S/C13H24N4O3/c1-12(2,3)8-9(7-10(18)19)17-11(14-15-16-17)13(4,5)20-6/h9H,7-8H2,1-6H3,(H,18,19). The lowest BCUT2D eigenvalue weighted by Crippen LogP contribution is -2.30. The number of nitrogens with zero attached hydrogens (tertiary/aromatic N) is 4. The summed E-state index contributed by atoms with van der Waals surface area (Å²) >= 11 is 0. The van der Waals surface area contributed by atoms with E-state index in [1.165, 1.54) is 0 Å². The average Bonchev–Trinajstić information content (AvgIpc) is 2.75. The minimum atomic E-state index is -0.865. The summed E-state index contributed by atoms with van der Waals surface area (Å²) in [7, 11) is 1.58. The van der Waals surface area contributed by atoms with E-state index in [2.05, 4.69) is 36.3 Å². The maximum atomic E-state index is 11.1. The molecule has 0 saturated heterocycles. The Morgan fingerprint density at radius 1 is 1.35 bits per heavy atom. The van der Waals surface area contributed by atoms with E-state index in [0.29, 0.717) is 12.2 Å². The van der Waals surface area contributed by atoms with Gasteiger partial charge in [0.05, 0.1) is 12.5 Å². The minimum absolute atomic E-state index is 0.0187. The van der Waals surface area contributed by atoms with Crippen molar-refractivity contribution in [3.63, 3.8) is 0 Å². The van der Waals surface area contributed by atoms with Gasteiger partial charge in [0.25, 0.3) is 0 Å². The normalized spacial score (nSPS) is 14.3. The van der Waals surface area contributed by atoms with Crippen LogP contribution in [0.4, 0.5) is 0 Å². The molecule has 0 aliphatic rings. The highest BCUT2D eigenvalue weighted by atomic mass is 16.5. The first kappa shape index (κ1) is 16.6. The van der Waals surface area contributed by atoms with Crippen molar-refractivity contribution >= 4 is 5.97 Å². The SMILES string of the molecule is COC(C)(C)c1nnnn1C(CC(=O)O)CC(C)(C)C. The molecule has 0 saturated carbocycles. The third-order valence-electron chi connectivity index (χ3n) is 3.15. The summed E-state index contributed by atoms with van der Waals surface area (Å²) in [6, 6.07) is -0.299. The number of carboxylic acids is 1. The zero-order valence-electron chi connectivity index (χ0n) is 13.0. The Balaban J connectivity index is 3.15. The van der Waals surface area contributed by atoms with Crippen LogP contribution < -0.4 is 0 Å². The average molecular weight is 284 g/mol. The highest BCUT2D eigenvalue weighted by molar-refractivity contribution is 5.67. The molecule has 0 spiro atoms. The van der Waals surface area contributed by atoms with E-state index in [4.69, 9.17) is 9.84 Å². The molecule has 1 aromatic rings. The Bertz CT molecular complexity index is 462. The third-order valence-corrected chi connectivity index (χ3v) is 3.15. The van der Waals surface area contributed by atoms with Gasteiger partial charge in [-0.1, -0.05) is 20.8 Å². The minimum Gasteiger partial charge on any atom is -0.481 e. The molecule has 20 heavy (non-hydrogen) atoms. The van der Waals surface area contributed by atoms with E-state index in [1.807, 2.05) is 13.8 Å². The molecule has 0 fully saturated rings. The second kappa shape index (κ2) is 5.87. The molecule has 1 heterocycles. The number of methoxy groups -OCH3 is 1. The molecule has 114 valence electrons. The van der Waals surface area contributed by atoms with Crippen LogP contribution in [-0.4, -0.2) is 38.4 Å². The van der Waals surface area contributed by atoms with Crippen molar-refractivity contribution in [2.75, 3.05) is 7.11 Å². The zero-order chi connectivity index (χ0) is 15.6. The molecule has 7 nitrogen and oxygen atoms in total. The van der Waals surface area contributed by atoms with Crippen LogP contribution in [0.2, 0.25) is 0 Å². The van der Waals surface area contributed by atoms with Crippen molar-refractivity contribution in [1.82, 2.24) is 20.2 Å². The molecule has 0 aromatic carbocycles. The Morgan fingerprint density at radius 3 is 2.40 bits per heavy atom. The van der Waals surface area contributed by atoms with Gasteiger partial charge in [-0.15, -0.1) is 5.10 Å². The van der Waals surface area contributed by atoms with Gasteiger partial charge in [-0.25, -0.2) is 4.68 Å². The number of carbonyl (C=O) groups is 1. The number of rotatable bonds is 6. The van der Waals surface area contributed by atoms with Crippen molar-refractivity contribution in [3.05, 3.63) is 5.82 Å². The summed E-state index contributed by atoms with van der Waals surface area (Å²) < 4.78 is 6.98. The van der Waals surface area contributed by atoms with Crippen molar-refractivity contribution < 1.29 is 14.6 Å². The van der Waals surface area contributed by atoms with Gasteiger partial charge in [0, 0.05) is 7.11 Å². The molecule has 1 N–H and O–H groups in total. The molecule has 1 atom stereocenters. The van der Waals surface area contributed by atoms with Crippen LogP contribution in [0.25, 0.3) is 0 Å². The van der Waals surface area contributed by atoms with Crippen molar-refractivity contribution in [2.45, 2.75) is 59.1 Å². The second-order valence-electron chi connectivity index (χ2n) is 6.68. The summed E-state index contributed by atoms with van der Waals surface area (Å²) in [6.07, 6.45) is 0.645. The van der Waals surface area contributed by atoms with Crippen LogP contribution in [-0.2, 0) is 15.1 Å². The van der Waals surface area contributed by atoms with Crippen molar-refractivity contribution in [2.24, 2.45) is 5.41 Å². The number of aliphatic carboxylic acids is 1. The summed E-state index contributed by atoms with van der Waals surface area (Å²) in [4.78, 5) is 11.1. The van der Waals surface area contributed by atoms with Crippen molar-refractivity contribution in [1.29, 1.82) is 0 Å². The van der Waals surface area contributed by atoms with Gasteiger partial charge in [-0.3, -0.25) is 4.79 Å². The lowest BCUT2D eigenvalue weighted by atomic mass is 9.87. The predicted molar refractivity (Wildman–Crippen MR) is 73.2 cm³/mol. The highest BCUT2D eigenvalue weighted by Gasteiger charge is 2.32. The number of hydrogen-bond acceptors (Lipinski definition) is 5. The monoisotopic (exact) mass is 284 g/mol. The zero-order valence-corrected chi connectivity index (χ0v) is 13.0. The van der Waals surface area contributed by atoms with Crippen LogP contribution in [0.5, 0.6) is 0 Å². The smallest absolute Gasteiger partial charge is 0.305 e. The van der Waals surface area contributed by atoms with Crippen LogP contribution in [0.1, 0.15) is 59.3 Å². The fourth-order valence-electron chi connectivity index (χ4n) is 2.08. The first-order valence-electron chi connectivity index (χ1n) is 6.62. The van der Waals surface area contributed by atoms with E-state index >= 15 is 0 Å². The fourth-order valence-corrected chi connectivity index (χ4v) is 2.08. The first-order chi connectivity index (χ1) is 9.07. The van der Waals surface area contributed by atoms with Gasteiger partial charge in [0.15, 0.2) is 5.82 Å². The Labute approximate surface area is 119 Å². The number of carboxylic acid groups (broad SMARTS) is 1. The van der Waals surface area contributed by atoms with E-state index in [0.717, 1.165) is 0 Å². The van der Waals surface area contributed by atoms with E-state index < -0.39 is 11.6 Å². The van der Waals surface area contributed by atoms with Crippen LogP contribution in [0, 0.1) is 5.41 Å². The fraction of sp³-hybridized carbons (Fsp3) is 0.846. The largest absolute Gasteiger partial charge is 0.481 e. The number of tetrazole rings is 1. The summed E-state index contributed by atoms with van der Waals surface area (Å²) in [5.74, 6) is -0.327. The molecule has 0 bridgehead atoms. The Kier molecular flexibility index (Phi) is 4.86. The molecule has 0 aliphatic heterocycles. The van der Waals surface area contributed by atoms with Crippen LogP contribution in [0.3, 0.4) is 0 Å². The molecule has 0 radical (unpaired) electrons. The molecule has 1 unspecified atom stereocenters. The van der Waals surface area contributed by atoms with E-state index in [9.17, 15) is 4.79 Å². The Hall–Kier alpha value is -1.50. The first-order valence-corrected chi connectivity index (χ1v) is 6.62. The number of hydrogen-bond donors (Lipinski definition) is 1. The molecule has 7 heteroatoms. The number of aromatic nitrogens is 4. The predicted octanol–water partition coefficient (Wildman–Crippen LogP) is 2.01. The molecular weight excluding hydrogens is 260 g/mol. The number of ether oxygens (including phenoxy) is 1. The second-order valence-corrected chi connectivity index (χ2v) is 6.68. The quantitative estimate of drug-likeness (QED) is 0.859. The molecule has 0 amide bonds. The maximum absolute atomic E-state index is 11.1. The van der Waals surface area contributed by atoms with Gasteiger partial charge in [0.2, 0.25) is 0 Å². The van der Waals surface area contributed by atoms with Crippen molar-refractivity contribution in [3.8, 4) is 0 Å². The topological polar surface area (TPSA) is 90.1 Å². The third kappa shape index (κ3) is 4.26. The molecular formula is C13H24N4O3. The lowest BCUT2D eigenvalue weighted by molar-refractivity contribution is -0.138. The van der Waals surface area contributed by atoms with Crippen LogP contribution in [0.15, 0.2) is 0 Å². The summed E-state index contributed by atoms with van der Waals surface area (Å²) in [6.45, 7) is 9.89. The maximum Gasteiger partial charge on any atom is 0.305 e. The molecule has 1 aromatic heterocycles. The van der Waals surface area contributed by atoms with Gasteiger partial charge in [0.1, 0.15) is 5.60 Å². The molecule has 0 aliphatic carbocycles. The highest BCUT2D eigenvalue weighted by Crippen LogP contribution is 2.32. The van der Waals surface area contributed by atoms with E-state index in [-0.39, 0.29) is 17.9 Å². The van der Waals surface area contributed by atoms with Gasteiger partial charge >= 0.3 is 5.97 Å². The van der Waals surface area contributed by atoms with Gasteiger partial charge in [-0.2, -0.15) is 0 Å². The molecule has 1 rings (SSSR count). The summed E-state index contributed by atoms with van der Waals surface area (Å²) in [5, 5.41) is 20.8. The van der Waals surface area contributed by atoms with Gasteiger partial charge in [-0.05, 0) is 36.1 Å². The Morgan fingerprint density at radius 2 is 1.95 bits per heavy atom.